The van der Waals surface area contributed by atoms with Crippen LogP contribution in [0.15, 0.2) is 18.6 Å². The molecule has 0 spiro atoms. The molecule has 2 aromatic heterocycles. The first kappa shape index (κ1) is 16.2. The molecule has 0 bridgehead atoms. The molecule has 7 nitrogen and oxygen atoms in total. The second-order valence-electron chi connectivity index (χ2n) is 5.25. The predicted octanol–water partition coefficient (Wildman–Crippen LogP) is 0.969. The monoisotopic (exact) mass is 319 g/mol. The molecular weight excluding hydrogens is 302 g/mol. The van der Waals surface area contributed by atoms with Crippen LogP contribution in [-0.4, -0.2) is 45.4 Å². The Morgan fingerprint density at radius 3 is 2.86 bits per heavy atom. The highest BCUT2D eigenvalue weighted by Gasteiger charge is 2.21. The number of piperazine rings is 1. The van der Waals surface area contributed by atoms with Gasteiger partial charge < -0.3 is 10.2 Å². The number of hydrogen-bond donors (Lipinski definition) is 1. The Morgan fingerprint density at radius 2 is 2.23 bits per heavy atom. The highest BCUT2D eigenvalue weighted by atomic mass is 35.5. The minimum Gasteiger partial charge on any atom is -0.353 e. The SMILES string of the molecule is CC1CN(c2nc(-c3cnn(C)c3)ncc2C#N)CCN1.Cl. The third-order valence-electron chi connectivity index (χ3n) is 3.52. The second-order valence-corrected chi connectivity index (χ2v) is 5.25. The molecule has 0 amide bonds. The molecule has 2 aromatic rings. The van der Waals surface area contributed by atoms with Gasteiger partial charge >= 0.3 is 0 Å². The Labute approximate surface area is 135 Å². The number of nitrogens with zero attached hydrogens (tertiary/aromatic N) is 6. The summed E-state index contributed by atoms with van der Waals surface area (Å²) in [5.74, 6) is 1.31. The van der Waals surface area contributed by atoms with Gasteiger partial charge in [-0.05, 0) is 6.92 Å². The van der Waals surface area contributed by atoms with Crippen molar-refractivity contribution in [3.05, 3.63) is 24.2 Å². The molecule has 3 rings (SSSR count). The second kappa shape index (κ2) is 6.73. The van der Waals surface area contributed by atoms with Crippen molar-refractivity contribution in [2.24, 2.45) is 7.05 Å². The van der Waals surface area contributed by atoms with Crippen molar-refractivity contribution in [3.8, 4) is 17.5 Å². The zero-order valence-electron chi connectivity index (χ0n) is 12.5. The Morgan fingerprint density at radius 1 is 1.41 bits per heavy atom. The molecule has 0 saturated carbocycles. The van der Waals surface area contributed by atoms with E-state index in [0.717, 1.165) is 25.2 Å². The molecule has 1 atom stereocenters. The van der Waals surface area contributed by atoms with Gasteiger partial charge in [0, 0.05) is 38.9 Å². The van der Waals surface area contributed by atoms with Crippen LogP contribution < -0.4 is 10.2 Å². The van der Waals surface area contributed by atoms with Gasteiger partial charge in [-0.2, -0.15) is 10.4 Å². The first-order valence-corrected chi connectivity index (χ1v) is 6.92. The summed E-state index contributed by atoms with van der Waals surface area (Å²) in [6.07, 6.45) is 5.19. The van der Waals surface area contributed by atoms with E-state index < -0.39 is 0 Å². The standard InChI is InChI=1S/C14H17N7.ClH/c1-10-8-21(4-3-16-10)14-11(5-15)6-17-13(19-14)12-7-18-20(2)9-12;/h6-7,9-10,16H,3-4,8H2,1-2H3;1H. The van der Waals surface area contributed by atoms with E-state index >= 15 is 0 Å². The van der Waals surface area contributed by atoms with Crippen LogP contribution >= 0.6 is 12.4 Å². The number of hydrogen-bond acceptors (Lipinski definition) is 6. The summed E-state index contributed by atoms with van der Waals surface area (Å²) in [5.41, 5.74) is 1.36. The smallest absolute Gasteiger partial charge is 0.164 e. The number of halogens is 1. The maximum absolute atomic E-state index is 9.29. The Bertz CT molecular complexity index is 691. The van der Waals surface area contributed by atoms with Crippen molar-refractivity contribution in [2.45, 2.75) is 13.0 Å². The molecule has 22 heavy (non-hydrogen) atoms. The lowest BCUT2D eigenvalue weighted by molar-refractivity contribution is 0.482. The largest absolute Gasteiger partial charge is 0.353 e. The number of aryl methyl sites for hydroxylation is 1. The summed E-state index contributed by atoms with van der Waals surface area (Å²) in [4.78, 5) is 11.0. The summed E-state index contributed by atoms with van der Waals surface area (Å²) in [5, 5.41) is 16.8. The lowest BCUT2D eigenvalue weighted by Gasteiger charge is -2.33. The van der Waals surface area contributed by atoms with E-state index in [1.807, 2.05) is 13.2 Å². The summed E-state index contributed by atoms with van der Waals surface area (Å²) in [7, 11) is 1.85. The van der Waals surface area contributed by atoms with Crippen LogP contribution in [0.1, 0.15) is 12.5 Å². The predicted molar refractivity (Wildman–Crippen MR) is 85.9 cm³/mol. The molecular formula is C14H18ClN7. The fourth-order valence-corrected chi connectivity index (χ4v) is 2.49. The van der Waals surface area contributed by atoms with E-state index in [4.69, 9.17) is 0 Å². The normalized spacial score (nSPS) is 17.7. The number of rotatable bonds is 2. The van der Waals surface area contributed by atoms with Crippen LogP contribution in [-0.2, 0) is 7.05 Å². The summed E-state index contributed by atoms with van der Waals surface area (Å²) >= 11 is 0. The maximum Gasteiger partial charge on any atom is 0.164 e. The van der Waals surface area contributed by atoms with Gasteiger partial charge in [0.05, 0.1) is 18.0 Å². The highest BCUT2D eigenvalue weighted by molar-refractivity contribution is 5.85. The third-order valence-corrected chi connectivity index (χ3v) is 3.52. The molecule has 8 heteroatoms. The fourth-order valence-electron chi connectivity index (χ4n) is 2.49. The van der Waals surface area contributed by atoms with Gasteiger partial charge in [-0.1, -0.05) is 0 Å². The summed E-state index contributed by atoms with van der Waals surface area (Å²) in [6.45, 7) is 4.68. The lowest BCUT2D eigenvalue weighted by atomic mass is 10.2. The van der Waals surface area contributed by atoms with Crippen LogP contribution in [0.4, 0.5) is 5.82 Å². The van der Waals surface area contributed by atoms with Crippen LogP contribution in [0.5, 0.6) is 0 Å². The van der Waals surface area contributed by atoms with E-state index in [2.05, 4.69) is 38.3 Å². The van der Waals surface area contributed by atoms with Crippen molar-refractivity contribution < 1.29 is 0 Å². The average Bonchev–Trinajstić information content (AvgIpc) is 2.93. The summed E-state index contributed by atoms with van der Waals surface area (Å²) in [6, 6.07) is 2.56. The molecule has 0 radical (unpaired) electrons. The number of nitriles is 1. The van der Waals surface area contributed by atoms with E-state index in [1.54, 1.807) is 17.1 Å². The number of anilines is 1. The zero-order valence-corrected chi connectivity index (χ0v) is 13.3. The van der Waals surface area contributed by atoms with Gasteiger partial charge in [0.1, 0.15) is 11.6 Å². The quantitative estimate of drug-likeness (QED) is 0.888. The van der Waals surface area contributed by atoms with Gasteiger partial charge in [0.25, 0.3) is 0 Å². The van der Waals surface area contributed by atoms with Crippen LogP contribution in [0, 0.1) is 11.3 Å². The fraction of sp³-hybridized carbons (Fsp3) is 0.429. The Hall–Kier alpha value is -2.17. The first-order valence-electron chi connectivity index (χ1n) is 6.92. The summed E-state index contributed by atoms with van der Waals surface area (Å²) < 4.78 is 1.71. The third kappa shape index (κ3) is 3.18. The van der Waals surface area contributed by atoms with Crippen molar-refractivity contribution >= 4 is 18.2 Å². The number of nitrogens with one attached hydrogen (secondary N) is 1. The van der Waals surface area contributed by atoms with Crippen molar-refractivity contribution in [1.82, 2.24) is 25.1 Å². The molecule has 1 aliphatic rings. The molecule has 0 aromatic carbocycles. The van der Waals surface area contributed by atoms with E-state index in [0.29, 0.717) is 23.2 Å². The van der Waals surface area contributed by atoms with Crippen LogP contribution in [0.25, 0.3) is 11.4 Å². The van der Waals surface area contributed by atoms with E-state index in [-0.39, 0.29) is 12.4 Å². The molecule has 1 unspecified atom stereocenters. The minimum absolute atomic E-state index is 0. The molecule has 116 valence electrons. The molecule has 1 aliphatic heterocycles. The van der Waals surface area contributed by atoms with Gasteiger partial charge in [-0.3, -0.25) is 4.68 Å². The molecule has 1 fully saturated rings. The van der Waals surface area contributed by atoms with Gasteiger partial charge in [0.2, 0.25) is 0 Å². The molecule has 1 saturated heterocycles. The lowest BCUT2D eigenvalue weighted by Crippen LogP contribution is -2.49. The van der Waals surface area contributed by atoms with Crippen molar-refractivity contribution in [1.29, 1.82) is 5.26 Å². The van der Waals surface area contributed by atoms with Crippen LogP contribution in [0.2, 0.25) is 0 Å². The van der Waals surface area contributed by atoms with Gasteiger partial charge in [-0.25, -0.2) is 9.97 Å². The van der Waals surface area contributed by atoms with Crippen molar-refractivity contribution in [3.63, 3.8) is 0 Å². The molecule has 1 N–H and O–H groups in total. The minimum atomic E-state index is 0. The molecule has 0 aliphatic carbocycles. The van der Waals surface area contributed by atoms with Gasteiger partial charge in [-0.15, -0.1) is 12.4 Å². The molecule has 3 heterocycles. The van der Waals surface area contributed by atoms with E-state index in [9.17, 15) is 5.26 Å². The zero-order chi connectivity index (χ0) is 14.8. The van der Waals surface area contributed by atoms with E-state index in [1.165, 1.54) is 0 Å². The van der Waals surface area contributed by atoms with Crippen LogP contribution in [0.3, 0.4) is 0 Å². The topological polar surface area (TPSA) is 82.7 Å². The first-order chi connectivity index (χ1) is 10.2. The number of aromatic nitrogens is 4. The Balaban J connectivity index is 0.00000176. The maximum atomic E-state index is 9.29. The average molecular weight is 320 g/mol. The Kier molecular flexibility index (Phi) is 4.96. The van der Waals surface area contributed by atoms with Crippen molar-refractivity contribution in [2.75, 3.05) is 24.5 Å². The van der Waals surface area contributed by atoms with Gasteiger partial charge in [0.15, 0.2) is 11.6 Å². The highest BCUT2D eigenvalue weighted by Crippen LogP contribution is 2.22.